The SMILES string of the molecule is COC(=O)C1CCCC(c2ccc(O)c(C)c2)(c2ccc(O)c(C)c2)C1. The number of benzene rings is 2. The summed E-state index contributed by atoms with van der Waals surface area (Å²) in [5, 5.41) is 19.9. The molecule has 4 nitrogen and oxygen atoms in total. The third kappa shape index (κ3) is 3.16. The molecular weight excluding hydrogens is 328 g/mol. The first-order chi connectivity index (χ1) is 12.4. The summed E-state index contributed by atoms with van der Waals surface area (Å²) in [5.41, 5.74) is 3.47. The maximum Gasteiger partial charge on any atom is 0.308 e. The summed E-state index contributed by atoms with van der Waals surface area (Å²) < 4.78 is 5.02. The van der Waals surface area contributed by atoms with Gasteiger partial charge in [-0.25, -0.2) is 0 Å². The molecule has 1 aliphatic carbocycles. The van der Waals surface area contributed by atoms with Gasteiger partial charge in [-0.3, -0.25) is 4.79 Å². The van der Waals surface area contributed by atoms with Crippen LogP contribution in [-0.2, 0) is 14.9 Å². The van der Waals surface area contributed by atoms with Crippen molar-refractivity contribution in [1.82, 2.24) is 0 Å². The molecule has 2 aromatic rings. The topological polar surface area (TPSA) is 66.8 Å². The van der Waals surface area contributed by atoms with E-state index in [1.54, 1.807) is 12.1 Å². The van der Waals surface area contributed by atoms with Gasteiger partial charge in [0.25, 0.3) is 0 Å². The van der Waals surface area contributed by atoms with Crippen LogP contribution in [0.15, 0.2) is 36.4 Å². The molecule has 0 bridgehead atoms. The highest BCUT2D eigenvalue weighted by Crippen LogP contribution is 2.48. The average molecular weight is 354 g/mol. The molecule has 138 valence electrons. The van der Waals surface area contributed by atoms with Gasteiger partial charge in [0, 0.05) is 5.41 Å². The van der Waals surface area contributed by atoms with Crippen molar-refractivity contribution in [3.63, 3.8) is 0 Å². The second kappa shape index (κ2) is 7.02. The molecule has 0 aromatic heterocycles. The first-order valence-corrected chi connectivity index (χ1v) is 9.05. The fraction of sp³-hybridized carbons (Fsp3) is 0.409. The molecule has 2 N–H and O–H groups in total. The Morgan fingerprint density at radius 1 is 1.04 bits per heavy atom. The van der Waals surface area contributed by atoms with E-state index in [0.29, 0.717) is 6.42 Å². The van der Waals surface area contributed by atoms with Crippen LogP contribution < -0.4 is 0 Å². The van der Waals surface area contributed by atoms with Crippen LogP contribution in [0.5, 0.6) is 11.5 Å². The summed E-state index contributed by atoms with van der Waals surface area (Å²) in [7, 11) is 1.44. The number of ether oxygens (including phenoxy) is 1. The van der Waals surface area contributed by atoms with Crippen molar-refractivity contribution < 1.29 is 19.7 Å². The molecule has 1 fully saturated rings. The summed E-state index contributed by atoms with van der Waals surface area (Å²) in [6.45, 7) is 3.77. The van der Waals surface area contributed by atoms with Crippen molar-refractivity contribution in [2.75, 3.05) is 7.11 Å². The number of esters is 1. The summed E-state index contributed by atoms with van der Waals surface area (Å²) in [5.74, 6) is 0.217. The average Bonchev–Trinajstić information content (AvgIpc) is 2.65. The number of carbonyl (C=O) groups excluding carboxylic acids is 1. The summed E-state index contributed by atoms with van der Waals surface area (Å²) in [6, 6.07) is 11.4. The largest absolute Gasteiger partial charge is 0.508 e. The lowest BCUT2D eigenvalue weighted by molar-refractivity contribution is -0.147. The third-order valence-electron chi connectivity index (χ3n) is 5.78. The zero-order valence-corrected chi connectivity index (χ0v) is 15.6. The van der Waals surface area contributed by atoms with Crippen LogP contribution in [0.1, 0.15) is 47.9 Å². The normalized spacial score (nSPS) is 19.1. The molecule has 1 unspecified atom stereocenters. The zero-order valence-electron chi connectivity index (χ0n) is 15.6. The minimum absolute atomic E-state index is 0.156. The number of carbonyl (C=O) groups is 1. The van der Waals surface area contributed by atoms with Gasteiger partial charge in [0.1, 0.15) is 11.5 Å². The summed E-state index contributed by atoms with van der Waals surface area (Å²) in [4.78, 5) is 12.3. The molecule has 26 heavy (non-hydrogen) atoms. The van der Waals surface area contributed by atoms with Crippen LogP contribution in [-0.4, -0.2) is 23.3 Å². The molecule has 2 aromatic carbocycles. The highest BCUT2D eigenvalue weighted by molar-refractivity contribution is 5.73. The number of rotatable bonds is 3. The second-order valence-electron chi connectivity index (χ2n) is 7.40. The first kappa shape index (κ1) is 18.3. The molecule has 1 saturated carbocycles. The van der Waals surface area contributed by atoms with Crippen molar-refractivity contribution in [1.29, 1.82) is 0 Å². The number of phenolic OH excluding ortho intramolecular Hbond substituents is 2. The highest BCUT2D eigenvalue weighted by Gasteiger charge is 2.42. The summed E-state index contributed by atoms with van der Waals surface area (Å²) >= 11 is 0. The van der Waals surface area contributed by atoms with Crippen LogP contribution in [0.2, 0.25) is 0 Å². The number of methoxy groups -OCH3 is 1. The van der Waals surface area contributed by atoms with Gasteiger partial charge in [-0.2, -0.15) is 0 Å². The van der Waals surface area contributed by atoms with Crippen LogP contribution in [0.25, 0.3) is 0 Å². The molecule has 0 heterocycles. The predicted octanol–water partition coefficient (Wildman–Crippen LogP) is 4.36. The maximum atomic E-state index is 12.3. The number of phenols is 2. The lowest BCUT2D eigenvalue weighted by atomic mass is 9.62. The first-order valence-electron chi connectivity index (χ1n) is 9.05. The fourth-order valence-corrected chi connectivity index (χ4v) is 4.24. The predicted molar refractivity (Wildman–Crippen MR) is 100 cm³/mol. The maximum absolute atomic E-state index is 12.3. The zero-order chi connectivity index (χ0) is 18.9. The van der Waals surface area contributed by atoms with Gasteiger partial charge in [-0.15, -0.1) is 0 Å². The van der Waals surface area contributed by atoms with E-state index in [1.165, 1.54) is 7.11 Å². The molecular formula is C22H26O4. The molecule has 0 aliphatic heterocycles. The van der Waals surface area contributed by atoms with Crippen LogP contribution in [0.4, 0.5) is 0 Å². The Balaban J connectivity index is 2.16. The fourth-order valence-electron chi connectivity index (χ4n) is 4.24. The van der Waals surface area contributed by atoms with E-state index in [9.17, 15) is 15.0 Å². The Labute approximate surface area is 154 Å². The Kier molecular flexibility index (Phi) is 4.94. The Bertz CT molecular complexity index is 773. The molecule has 1 aliphatic rings. The lowest BCUT2D eigenvalue weighted by Gasteiger charge is -2.41. The van der Waals surface area contributed by atoms with Gasteiger partial charge in [0.2, 0.25) is 0 Å². The van der Waals surface area contributed by atoms with Crippen LogP contribution in [0.3, 0.4) is 0 Å². The minimum Gasteiger partial charge on any atom is -0.508 e. The number of aromatic hydroxyl groups is 2. The standard InChI is InChI=1S/C22H26O4/c1-14-11-17(6-8-19(14)23)22(18-7-9-20(24)15(2)12-18)10-4-5-16(13-22)21(25)26-3/h6-9,11-12,16,23-24H,4-5,10,13H2,1-3H3. The van der Waals surface area contributed by atoms with Crippen LogP contribution >= 0.6 is 0 Å². The molecule has 4 heteroatoms. The Hall–Kier alpha value is -2.49. The van der Waals surface area contributed by atoms with Gasteiger partial charge >= 0.3 is 5.97 Å². The molecule has 3 rings (SSSR count). The van der Waals surface area contributed by atoms with Crippen molar-refractivity contribution in [2.24, 2.45) is 5.92 Å². The van der Waals surface area contributed by atoms with Gasteiger partial charge in [-0.1, -0.05) is 30.7 Å². The quantitative estimate of drug-likeness (QED) is 0.804. The van der Waals surface area contributed by atoms with E-state index in [-0.39, 0.29) is 28.8 Å². The van der Waals surface area contributed by atoms with Crippen LogP contribution in [0, 0.1) is 19.8 Å². The molecule has 1 atom stereocenters. The smallest absolute Gasteiger partial charge is 0.308 e. The van der Waals surface area contributed by atoms with Gasteiger partial charge in [0.15, 0.2) is 0 Å². The number of hydrogen-bond acceptors (Lipinski definition) is 4. The molecule has 0 saturated heterocycles. The van der Waals surface area contributed by atoms with E-state index in [4.69, 9.17) is 4.74 Å². The van der Waals surface area contributed by atoms with Gasteiger partial charge in [-0.05, 0) is 67.5 Å². The molecule has 0 spiro atoms. The molecule has 0 radical (unpaired) electrons. The van der Waals surface area contributed by atoms with Crippen molar-refractivity contribution in [2.45, 2.75) is 44.9 Å². The van der Waals surface area contributed by atoms with E-state index >= 15 is 0 Å². The van der Waals surface area contributed by atoms with E-state index in [2.05, 4.69) is 0 Å². The van der Waals surface area contributed by atoms with Crippen molar-refractivity contribution in [3.8, 4) is 11.5 Å². The van der Waals surface area contributed by atoms with Crippen molar-refractivity contribution >= 4 is 5.97 Å². The second-order valence-corrected chi connectivity index (χ2v) is 7.40. The summed E-state index contributed by atoms with van der Waals surface area (Å²) in [6.07, 6.45) is 3.31. The van der Waals surface area contributed by atoms with E-state index in [0.717, 1.165) is 41.5 Å². The lowest BCUT2D eigenvalue weighted by Crippen LogP contribution is -2.37. The van der Waals surface area contributed by atoms with Gasteiger partial charge in [0.05, 0.1) is 13.0 Å². The monoisotopic (exact) mass is 354 g/mol. The minimum atomic E-state index is -0.339. The van der Waals surface area contributed by atoms with Gasteiger partial charge < -0.3 is 14.9 Å². The van der Waals surface area contributed by atoms with Crippen molar-refractivity contribution in [3.05, 3.63) is 58.7 Å². The highest BCUT2D eigenvalue weighted by atomic mass is 16.5. The third-order valence-corrected chi connectivity index (χ3v) is 5.78. The Morgan fingerprint density at radius 3 is 2.04 bits per heavy atom. The van der Waals surface area contributed by atoms with E-state index in [1.807, 2.05) is 38.1 Å². The Morgan fingerprint density at radius 2 is 1.58 bits per heavy atom. The molecule has 0 amide bonds. The van der Waals surface area contributed by atoms with E-state index < -0.39 is 0 Å². The number of hydrogen-bond donors (Lipinski definition) is 2. The number of aryl methyl sites for hydroxylation is 2.